The predicted octanol–water partition coefficient (Wildman–Crippen LogP) is 1.91. The molecule has 2 amide bonds. The van der Waals surface area contributed by atoms with E-state index in [1.165, 1.54) is 25.7 Å². The fourth-order valence-electron chi connectivity index (χ4n) is 4.86. The first-order valence-electron chi connectivity index (χ1n) is 9.96. The summed E-state index contributed by atoms with van der Waals surface area (Å²) >= 11 is 0. The summed E-state index contributed by atoms with van der Waals surface area (Å²) in [5, 5.41) is 3.08. The molecule has 24 heavy (non-hydrogen) atoms. The van der Waals surface area contributed by atoms with Crippen LogP contribution in [0.15, 0.2) is 0 Å². The van der Waals surface area contributed by atoms with Gasteiger partial charge >= 0.3 is 0 Å². The van der Waals surface area contributed by atoms with Crippen molar-refractivity contribution in [3.05, 3.63) is 0 Å². The molecule has 4 fully saturated rings. The molecule has 1 unspecified atom stereocenters. The zero-order valence-electron chi connectivity index (χ0n) is 14.9. The van der Waals surface area contributed by atoms with Crippen molar-refractivity contribution >= 4 is 11.8 Å². The first kappa shape index (κ1) is 16.4. The predicted molar refractivity (Wildman–Crippen MR) is 92.5 cm³/mol. The van der Waals surface area contributed by atoms with Gasteiger partial charge in [-0.05, 0) is 45.4 Å². The first-order valence-corrected chi connectivity index (χ1v) is 9.96. The summed E-state index contributed by atoms with van der Waals surface area (Å²) in [5.74, 6) is 0.108. The molecule has 4 aliphatic rings. The van der Waals surface area contributed by atoms with Crippen LogP contribution in [0.1, 0.15) is 64.7 Å². The Bertz CT molecular complexity index is 507. The maximum absolute atomic E-state index is 13.2. The number of rotatable bonds is 4. The van der Waals surface area contributed by atoms with Gasteiger partial charge in [0, 0.05) is 37.8 Å². The Balaban J connectivity index is 1.39. The van der Waals surface area contributed by atoms with Gasteiger partial charge in [0.1, 0.15) is 5.41 Å². The molecule has 1 atom stereocenters. The van der Waals surface area contributed by atoms with E-state index in [1.54, 1.807) is 0 Å². The molecule has 134 valence electrons. The van der Waals surface area contributed by atoms with Gasteiger partial charge in [-0.1, -0.05) is 19.3 Å². The lowest BCUT2D eigenvalue weighted by atomic mass is 9.66. The van der Waals surface area contributed by atoms with Crippen molar-refractivity contribution in [1.82, 2.24) is 15.1 Å². The monoisotopic (exact) mass is 333 g/mol. The van der Waals surface area contributed by atoms with Gasteiger partial charge in [0.25, 0.3) is 0 Å². The molecule has 4 rings (SSSR count). The normalized spacial score (nSPS) is 30.9. The van der Waals surface area contributed by atoms with E-state index in [0.717, 1.165) is 51.7 Å². The lowest BCUT2D eigenvalue weighted by Crippen LogP contribution is -2.62. The van der Waals surface area contributed by atoms with Crippen LogP contribution >= 0.6 is 0 Å². The molecule has 0 aromatic heterocycles. The van der Waals surface area contributed by atoms with E-state index in [0.29, 0.717) is 18.1 Å². The van der Waals surface area contributed by atoms with Crippen LogP contribution in [0.25, 0.3) is 0 Å². The molecule has 0 bridgehead atoms. The highest BCUT2D eigenvalue weighted by atomic mass is 16.2. The van der Waals surface area contributed by atoms with Crippen molar-refractivity contribution in [2.75, 3.05) is 19.6 Å². The fraction of sp³-hybridized carbons (Fsp3) is 0.895. The largest absolute Gasteiger partial charge is 0.352 e. The number of piperazine rings is 1. The summed E-state index contributed by atoms with van der Waals surface area (Å²) in [7, 11) is 0. The van der Waals surface area contributed by atoms with E-state index in [-0.39, 0.29) is 11.8 Å². The molecular weight excluding hydrogens is 302 g/mol. The molecule has 1 aliphatic heterocycles. The Labute approximate surface area is 145 Å². The van der Waals surface area contributed by atoms with Crippen molar-refractivity contribution in [3.8, 4) is 0 Å². The third-order valence-corrected chi connectivity index (χ3v) is 6.72. The molecule has 5 nitrogen and oxygen atoms in total. The summed E-state index contributed by atoms with van der Waals surface area (Å²) < 4.78 is 0. The number of nitrogens with one attached hydrogen (secondary N) is 1. The molecule has 3 saturated carbocycles. The Kier molecular flexibility index (Phi) is 4.31. The number of carbonyl (C=O) groups excluding carboxylic acids is 2. The number of amides is 2. The molecule has 0 radical (unpaired) electrons. The van der Waals surface area contributed by atoms with Crippen molar-refractivity contribution in [2.24, 2.45) is 5.41 Å². The Morgan fingerprint density at radius 3 is 2.25 bits per heavy atom. The number of nitrogens with zero attached hydrogens (tertiary/aromatic N) is 2. The smallest absolute Gasteiger partial charge is 0.238 e. The highest BCUT2D eigenvalue weighted by Crippen LogP contribution is 2.44. The van der Waals surface area contributed by atoms with Crippen molar-refractivity contribution in [2.45, 2.75) is 82.8 Å². The van der Waals surface area contributed by atoms with Crippen LogP contribution in [0.2, 0.25) is 0 Å². The van der Waals surface area contributed by atoms with E-state index < -0.39 is 5.41 Å². The van der Waals surface area contributed by atoms with E-state index in [9.17, 15) is 9.59 Å². The minimum absolute atomic E-state index is 0.00660. The standard InChI is InChI=1S/C19H31N3O2/c1-14-13-21(11-12-22(14)16-5-2-3-6-16)18(24)19(9-4-10-19)17(23)20-15-7-8-15/h14-16H,2-13H2,1H3,(H,20,23). The first-order chi connectivity index (χ1) is 11.6. The average molecular weight is 333 g/mol. The van der Waals surface area contributed by atoms with Gasteiger partial charge in [0.05, 0.1) is 0 Å². The highest BCUT2D eigenvalue weighted by Gasteiger charge is 2.53. The molecule has 1 saturated heterocycles. The summed E-state index contributed by atoms with van der Waals surface area (Å²) in [6.45, 7) is 4.79. The van der Waals surface area contributed by atoms with Gasteiger partial charge < -0.3 is 10.2 Å². The lowest BCUT2D eigenvalue weighted by Gasteiger charge is -2.47. The lowest BCUT2D eigenvalue weighted by molar-refractivity contribution is -0.159. The fourth-order valence-corrected chi connectivity index (χ4v) is 4.86. The average Bonchev–Trinajstić information content (AvgIpc) is 3.16. The van der Waals surface area contributed by atoms with Gasteiger partial charge in [-0.25, -0.2) is 0 Å². The maximum Gasteiger partial charge on any atom is 0.238 e. The summed E-state index contributed by atoms with van der Waals surface area (Å²) in [6, 6.07) is 1.46. The second-order valence-electron chi connectivity index (χ2n) is 8.46. The Morgan fingerprint density at radius 2 is 1.71 bits per heavy atom. The zero-order valence-corrected chi connectivity index (χ0v) is 14.9. The molecular formula is C19H31N3O2. The van der Waals surface area contributed by atoms with E-state index in [2.05, 4.69) is 17.1 Å². The van der Waals surface area contributed by atoms with Gasteiger partial charge in [0.15, 0.2) is 0 Å². The Hall–Kier alpha value is -1.10. The molecule has 1 N–H and O–H groups in total. The minimum atomic E-state index is -0.738. The Morgan fingerprint density at radius 1 is 1.00 bits per heavy atom. The number of hydrogen-bond acceptors (Lipinski definition) is 3. The number of hydrogen-bond donors (Lipinski definition) is 1. The maximum atomic E-state index is 13.2. The second-order valence-corrected chi connectivity index (χ2v) is 8.46. The number of carbonyl (C=O) groups is 2. The molecule has 1 heterocycles. The molecule has 0 aromatic carbocycles. The molecule has 3 aliphatic carbocycles. The highest BCUT2D eigenvalue weighted by molar-refractivity contribution is 6.06. The molecule has 5 heteroatoms. The quantitative estimate of drug-likeness (QED) is 0.800. The third-order valence-electron chi connectivity index (χ3n) is 6.72. The van der Waals surface area contributed by atoms with E-state index in [4.69, 9.17) is 0 Å². The van der Waals surface area contributed by atoms with Crippen LogP contribution in [0.4, 0.5) is 0 Å². The van der Waals surface area contributed by atoms with Crippen LogP contribution in [0.5, 0.6) is 0 Å². The topological polar surface area (TPSA) is 52.7 Å². The molecule has 0 spiro atoms. The van der Waals surface area contributed by atoms with Crippen molar-refractivity contribution in [3.63, 3.8) is 0 Å². The van der Waals surface area contributed by atoms with Crippen LogP contribution in [-0.2, 0) is 9.59 Å². The van der Waals surface area contributed by atoms with Gasteiger partial charge in [-0.15, -0.1) is 0 Å². The zero-order chi connectivity index (χ0) is 16.7. The third kappa shape index (κ3) is 2.85. The van der Waals surface area contributed by atoms with Crippen LogP contribution in [-0.4, -0.2) is 59.4 Å². The van der Waals surface area contributed by atoms with Gasteiger partial charge in [0.2, 0.25) is 11.8 Å². The summed E-state index contributed by atoms with van der Waals surface area (Å²) in [4.78, 5) is 30.4. The summed E-state index contributed by atoms with van der Waals surface area (Å²) in [5.41, 5.74) is -0.738. The van der Waals surface area contributed by atoms with Gasteiger partial charge in [-0.2, -0.15) is 0 Å². The summed E-state index contributed by atoms with van der Waals surface area (Å²) in [6.07, 6.45) is 9.95. The van der Waals surface area contributed by atoms with Crippen LogP contribution < -0.4 is 5.32 Å². The second kappa shape index (κ2) is 6.32. The van der Waals surface area contributed by atoms with E-state index >= 15 is 0 Å². The van der Waals surface area contributed by atoms with Gasteiger partial charge in [-0.3, -0.25) is 14.5 Å². The van der Waals surface area contributed by atoms with E-state index in [1.807, 2.05) is 4.90 Å². The van der Waals surface area contributed by atoms with Crippen molar-refractivity contribution < 1.29 is 9.59 Å². The minimum Gasteiger partial charge on any atom is -0.352 e. The molecule has 0 aromatic rings. The SMILES string of the molecule is CC1CN(C(=O)C2(C(=O)NC3CC3)CCC2)CCN1C1CCCC1. The van der Waals surface area contributed by atoms with Crippen LogP contribution in [0.3, 0.4) is 0 Å². The van der Waals surface area contributed by atoms with Crippen molar-refractivity contribution in [1.29, 1.82) is 0 Å². The van der Waals surface area contributed by atoms with Crippen LogP contribution in [0, 0.1) is 5.41 Å².